The number of alkyl halides is 3. The number of hydrogen-bond donors (Lipinski definition) is 0. The second-order valence-electron chi connectivity index (χ2n) is 6.02. The van der Waals surface area contributed by atoms with Crippen LogP contribution in [0, 0.1) is 6.92 Å². The van der Waals surface area contributed by atoms with Crippen molar-refractivity contribution in [3.63, 3.8) is 0 Å². The molecule has 26 heavy (non-hydrogen) atoms. The summed E-state index contributed by atoms with van der Waals surface area (Å²) in [4.78, 5) is 4.56. The summed E-state index contributed by atoms with van der Waals surface area (Å²) in [5.74, 6) is 0. The summed E-state index contributed by atoms with van der Waals surface area (Å²) < 4.78 is 40.1. The average molecular weight is 353 g/mol. The zero-order valence-corrected chi connectivity index (χ0v) is 13.8. The lowest BCUT2D eigenvalue weighted by Gasteiger charge is -2.10. The van der Waals surface area contributed by atoms with E-state index >= 15 is 0 Å². The molecule has 0 fully saturated rings. The van der Waals surface area contributed by atoms with E-state index in [1.807, 2.05) is 49.4 Å². The van der Waals surface area contributed by atoms with Crippen molar-refractivity contribution >= 4 is 5.65 Å². The summed E-state index contributed by atoms with van der Waals surface area (Å²) >= 11 is 0. The number of benzene rings is 2. The molecule has 130 valence electrons. The van der Waals surface area contributed by atoms with Gasteiger partial charge in [0.1, 0.15) is 0 Å². The zero-order valence-electron chi connectivity index (χ0n) is 13.8. The van der Waals surface area contributed by atoms with Crippen molar-refractivity contribution < 1.29 is 13.2 Å². The highest BCUT2D eigenvalue weighted by Crippen LogP contribution is 2.32. The number of aryl methyl sites for hydroxylation is 1. The molecular formula is C20H14F3N3. The highest BCUT2D eigenvalue weighted by molar-refractivity contribution is 5.71. The first kappa shape index (κ1) is 16.3. The van der Waals surface area contributed by atoms with Gasteiger partial charge in [0.15, 0.2) is 5.65 Å². The lowest BCUT2D eigenvalue weighted by atomic mass is 10.1. The number of aromatic nitrogens is 3. The van der Waals surface area contributed by atoms with Crippen LogP contribution in [0.5, 0.6) is 0 Å². The van der Waals surface area contributed by atoms with E-state index in [9.17, 15) is 13.2 Å². The smallest absolute Gasteiger partial charge is 0.228 e. The Morgan fingerprint density at radius 3 is 2.19 bits per heavy atom. The van der Waals surface area contributed by atoms with Crippen molar-refractivity contribution in [3.05, 3.63) is 78.0 Å². The van der Waals surface area contributed by atoms with Gasteiger partial charge in [-0.15, -0.1) is 0 Å². The van der Waals surface area contributed by atoms with Crippen LogP contribution in [0.15, 0.2) is 66.7 Å². The van der Waals surface area contributed by atoms with Crippen molar-refractivity contribution in [2.75, 3.05) is 0 Å². The topological polar surface area (TPSA) is 30.2 Å². The summed E-state index contributed by atoms with van der Waals surface area (Å²) in [6.45, 7) is 1.88. The predicted octanol–water partition coefficient (Wildman–Crippen LogP) is 5.39. The van der Waals surface area contributed by atoms with Crippen molar-refractivity contribution in [2.24, 2.45) is 0 Å². The predicted molar refractivity (Wildman–Crippen MR) is 93.6 cm³/mol. The first-order chi connectivity index (χ1) is 12.4. The highest BCUT2D eigenvalue weighted by Gasteiger charge is 2.30. The molecule has 2 heterocycles. The summed E-state index contributed by atoms with van der Waals surface area (Å²) in [6, 6.07) is 18.4. The standard InChI is InChI=1S/C20H14F3N3/c1-13-11-19-24-17(14-7-9-16(10-8-14)20(21,22)23)12-18(26(19)25-13)15-5-3-2-4-6-15/h2-12H,1H3. The van der Waals surface area contributed by atoms with Gasteiger partial charge >= 0.3 is 6.18 Å². The van der Waals surface area contributed by atoms with Crippen LogP contribution in [-0.2, 0) is 6.18 Å². The van der Waals surface area contributed by atoms with Gasteiger partial charge in [-0.3, -0.25) is 0 Å². The summed E-state index contributed by atoms with van der Waals surface area (Å²) in [7, 11) is 0. The zero-order chi connectivity index (χ0) is 18.3. The Labute approximate surface area is 147 Å². The molecule has 0 aliphatic carbocycles. The van der Waals surface area contributed by atoms with Crippen LogP contribution in [-0.4, -0.2) is 14.6 Å². The monoisotopic (exact) mass is 353 g/mol. The quantitative estimate of drug-likeness (QED) is 0.484. The van der Waals surface area contributed by atoms with Gasteiger partial charge in [0.05, 0.1) is 22.6 Å². The van der Waals surface area contributed by atoms with Crippen LogP contribution in [0.2, 0.25) is 0 Å². The van der Waals surface area contributed by atoms with Gasteiger partial charge in [0.2, 0.25) is 0 Å². The molecule has 2 aromatic carbocycles. The van der Waals surface area contributed by atoms with E-state index in [1.165, 1.54) is 12.1 Å². The van der Waals surface area contributed by atoms with Gasteiger partial charge in [-0.25, -0.2) is 9.50 Å². The van der Waals surface area contributed by atoms with Gasteiger partial charge in [0, 0.05) is 17.2 Å². The maximum absolute atomic E-state index is 12.8. The fourth-order valence-corrected chi connectivity index (χ4v) is 2.88. The van der Waals surface area contributed by atoms with Crippen molar-refractivity contribution in [1.82, 2.24) is 14.6 Å². The Balaban J connectivity index is 1.89. The van der Waals surface area contributed by atoms with Crippen LogP contribution < -0.4 is 0 Å². The summed E-state index contributed by atoms with van der Waals surface area (Å²) in [6.07, 6.45) is -4.35. The van der Waals surface area contributed by atoms with Crippen LogP contribution >= 0.6 is 0 Å². The third-order valence-corrected chi connectivity index (χ3v) is 4.13. The fourth-order valence-electron chi connectivity index (χ4n) is 2.88. The highest BCUT2D eigenvalue weighted by atomic mass is 19.4. The average Bonchev–Trinajstić information content (AvgIpc) is 3.01. The molecule has 0 N–H and O–H groups in total. The van der Waals surface area contributed by atoms with E-state index in [4.69, 9.17) is 0 Å². The van der Waals surface area contributed by atoms with Crippen LogP contribution in [0.4, 0.5) is 13.2 Å². The fraction of sp³-hybridized carbons (Fsp3) is 0.100. The number of nitrogens with zero attached hydrogens (tertiary/aromatic N) is 3. The third kappa shape index (κ3) is 2.94. The van der Waals surface area contributed by atoms with Gasteiger partial charge in [0.25, 0.3) is 0 Å². The molecule has 0 bridgehead atoms. The molecule has 4 rings (SSSR count). The van der Waals surface area contributed by atoms with Gasteiger partial charge in [-0.1, -0.05) is 42.5 Å². The SMILES string of the molecule is Cc1cc2nc(-c3ccc(C(F)(F)F)cc3)cc(-c3ccccc3)n2n1. The number of fused-ring (bicyclic) bond motifs is 1. The van der Waals surface area contributed by atoms with Crippen LogP contribution in [0.1, 0.15) is 11.3 Å². The second kappa shape index (κ2) is 5.98. The normalized spacial score (nSPS) is 11.8. The molecule has 0 amide bonds. The summed E-state index contributed by atoms with van der Waals surface area (Å²) in [5.41, 5.74) is 3.81. The molecule has 6 heteroatoms. The van der Waals surface area contributed by atoms with Crippen LogP contribution in [0.3, 0.4) is 0 Å². The maximum atomic E-state index is 12.8. The van der Waals surface area contributed by atoms with Crippen molar-refractivity contribution in [1.29, 1.82) is 0 Å². The molecule has 4 aromatic rings. The first-order valence-corrected chi connectivity index (χ1v) is 8.02. The molecule has 0 unspecified atom stereocenters. The first-order valence-electron chi connectivity index (χ1n) is 8.02. The number of hydrogen-bond acceptors (Lipinski definition) is 2. The van der Waals surface area contributed by atoms with E-state index in [0.717, 1.165) is 29.1 Å². The molecule has 0 saturated carbocycles. The molecule has 0 radical (unpaired) electrons. The van der Waals surface area contributed by atoms with Crippen molar-refractivity contribution in [2.45, 2.75) is 13.1 Å². The largest absolute Gasteiger partial charge is 0.416 e. The molecule has 0 aliphatic heterocycles. The minimum absolute atomic E-state index is 0.602. The number of halogens is 3. The lowest BCUT2D eigenvalue weighted by molar-refractivity contribution is -0.137. The number of rotatable bonds is 2. The minimum atomic E-state index is -4.35. The van der Waals surface area contributed by atoms with E-state index in [0.29, 0.717) is 16.9 Å². The molecule has 2 aromatic heterocycles. The Hall–Kier alpha value is -3.15. The van der Waals surface area contributed by atoms with Crippen LogP contribution in [0.25, 0.3) is 28.2 Å². The Morgan fingerprint density at radius 1 is 0.846 bits per heavy atom. The van der Waals surface area contributed by atoms with E-state index < -0.39 is 11.7 Å². The Kier molecular flexibility index (Phi) is 3.76. The van der Waals surface area contributed by atoms with Crippen molar-refractivity contribution in [3.8, 4) is 22.5 Å². The molecule has 3 nitrogen and oxygen atoms in total. The van der Waals surface area contributed by atoms with E-state index in [2.05, 4.69) is 10.1 Å². The van der Waals surface area contributed by atoms with Gasteiger partial charge in [-0.05, 0) is 25.1 Å². The third-order valence-electron chi connectivity index (χ3n) is 4.13. The van der Waals surface area contributed by atoms with E-state index in [1.54, 1.807) is 4.52 Å². The van der Waals surface area contributed by atoms with E-state index in [-0.39, 0.29) is 0 Å². The van der Waals surface area contributed by atoms with Gasteiger partial charge in [-0.2, -0.15) is 18.3 Å². The molecule has 0 spiro atoms. The molecule has 0 saturated heterocycles. The summed E-state index contributed by atoms with van der Waals surface area (Å²) in [5, 5.41) is 4.48. The lowest BCUT2D eigenvalue weighted by Crippen LogP contribution is -2.04. The molecule has 0 aliphatic rings. The maximum Gasteiger partial charge on any atom is 0.416 e. The molecule has 0 atom stereocenters. The minimum Gasteiger partial charge on any atom is -0.228 e. The Bertz CT molecular complexity index is 1070. The Morgan fingerprint density at radius 2 is 1.54 bits per heavy atom. The second-order valence-corrected chi connectivity index (χ2v) is 6.02. The molecular weight excluding hydrogens is 339 g/mol. The van der Waals surface area contributed by atoms with Gasteiger partial charge < -0.3 is 0 Å².